The van der Waals surface area contributed by atoms with Gasteiger partial charge < -0.3 is 5.11 Å². The zero-order chi connectivity index (χ0) is 19.6. The van der Waals surface area contributed by atoms with Crippen LogP contribution < -0.4 is 10.2 Å². The first-order valence-corrected chi connectivity index (χ1v) is 7.86. The number of hydrogen-bond donors (Lipinski definition) is 2. The van der Waals surface area contributed by atoms with Crippen LogP contribution in [0.15, 0.2) is 59.6 Å². The molecule has 0 unspecified atom stereocenters. The highest BCUT2D eigenvalue weighted by molar-refractivity contribution is 6.20. The molecule has 27 heavy (non-hydrogen) atoms. The smallest absolute Gasteiger partial charge is 0.406 e. The second-order valence-electron chi connectivity index (χ2n) is 5.75. The largest absolute Gasteiger partial charge is 0.465 e. The van der Waals surface area contributed by atoms with Gasteiger partial charge in [-0.3, -0.25) is 15.0 Å². The molecule has 1 aliphatic rings. The van der Waals surface area contributed by atoms with Gasteiger partial charge in [0, 0.05) is 11.1 Å². The van der Waals surface area contributed by atoms with Gasteiger partial charge in [-0.05, 0) is 6.07 Å². The number of hydrogen-bond acceptors (Lipinski definition) is 3. The Morgan fingerprint density at radius 2 is 1.74 bits per heavy atom. The van der Waals surface area contributed by atoms with Crippen LogP contribution in [0.3, 0.4) is 0 Å². The van der Waals surface area contributed by atoms with Crippen LogP contribution in [0.25, 0.3) is 0 Å². The van der Waals surface area contributed by atoms with Crippen molar-refractivity contribution in [2.24, 2.45) is 4.99 Å². The Hall–Kier alpha value is -3.36. The summed E-state index contributed by atoms with van der Waals surface area (Å²) < 4.78 is 39.2. The maximum Gasteiger partial charge on any atom is 0.406 e. The third-order valence-corrected chi connectivity index (χ3v) is 3.85. The van der Waals surface area contributed by atoms with E-state index in [0.717, 1.165) is 0 Å². The molecule has 1 heterocycles. The SMILES string of the molecule is O=C(O)N[C@@H]1N=C(c2ccccc2)c2ccccc2N(CC(F)(F)F)C1=O. The summed E-state index contributed by atoms with van der Waals surface area (Å²) in [5.74, 6) is -1.10. The Balaban J connectivity index is 2.21. The van der Waals surface area contributed by atoms with Gasteiger partial charge in [0.05, 0.1) is 11.4 Å². The zero-order valence-electron chi connectivity index (χ0n) is 13.8. The van der Waals surface area contributed by atoms with E-state index in [2.05, 4.69) is 4.99 Å². The average Bonchev–Trinajstić information content (AvgIpc) is 2.72. The molecule has 1 atom stereocenters. The van der Waals surface area contributed by atoms with Crippen molar-refractivity contribution >= 4 is 23.4 Å². The Morgan fingerprint density at radius 1 is 1.11 bits per heavy atom. The number of benzene rings is 2. The van der Waals surface area contributed by atoms with Gasteiger partial charge in [0.2, 0.25) is 6.17 Å². The molecule has 3 rings (SSSR count). The summed E-state index contributed by atoms with van der Waals surface area (Å²) in [6.07, 6.45) is -7.94. The predicted octanol–water partition coefficient (Wildman–Crippen LogP) is 3.03. The molecule has 2 amide bonds. The number of benzodiazepines with no additional fused rings is 1. The predicted molar refractivity (Wildman–Crippen MR) is 91.9 cm³/mol. The highest BCUT2D eigenvalue weighted by atomic mass is 19.4. The molecule has 1 aliphatic heterocycles. The van der Waals surface area contributed by atoms with E-state index < -0.39 is 30.9 Å². The molecule has 140 valence electrons. The molecule has 0 aromatic heterocycles. The first-order valence-electron chi connectivity index (χ1n) is 7.86. The number of alkyl halides is 3. The van der Waals surface area contributed by atoms with Crippen LogP contribution in [-0.4, -0.2) is 41.7 Å². The van der Waals surface area contributed by atoms with Gasteiger partial charge in [-0.2, -0.15) is 13.2 Å². The zero-order valence-corrected chi connectivity index (χ0v) is 13.8. The van der Waals surface area contributed by atoms with E-state index in [1.54, 1.807) is 42.5 Å². The Bertz CT molecular complexity index is 897. The van der Waals surface area contributed by atoms with Gasteiger partial charge in [0.25, 0.3) is 5.91 Å². The van der Waals surface area contributed by atoms with Gasteiger partial charge in [0.1, 0.15) is 6.54 Å². The van der Waals surface area contributed by atoms with Crippen LogP contribution in [0.4, 0.5) is 23.7 Å². The second-order valence-corrected chi connectivity index (χ2v) is 5.75. The first-order chi connectivity index (χ1) is 12.8. The van der Waals surface area contributed by atoms with Gasteiger partial charge in [-0.15, -0.1) is 0 Å². The summed E-state index contributed by atoms with van der Waals surface area (Å²) in [7, 11) is 0. The lowest BCUT2D eigenvalue weighted by Gasteiger charge is -2.26. The van der Waals surface area contributed by atoms with Crippen LogP contribution in [0.1, 0.15) is 11.1 Å². The maximum absolute atomic E-state index is 13.1. The van der Waals surface area contributed by atoms with Crippen molar-refractivity contribution in [1.29, 1.82) is 0 Å². The number of amides is 2. The van der Waals surface area contributed by atoms with Gasteiger partial charge in [-0.25, -0.2) is 9.79 Å². The monoisotopic (exact) mass is 377 g/mol. The number of carboxylic acid groups (broad SMARTS) is 1. The van der Waals surface area contributed by atoms with Crippen molar-refractivity contribution < 1.29 is 27.9 Å². The van der Waals surface area contributed by atoms with Crippen molar-refractivity contribution in [3.63, 3.8) is 0 Å². The fourth-order valence-electron chi connectivity index (χ4n) is 2.81. The van der Waals surface area contributed by atoms with E-state index in [9.17, 15) is 22.8 Å². The average molecular weight is 377 g/mol. The number of nitrogens with one attached hydrogen (secondary N) is 1. The second kappa shape index (κ2) is 7.10. The summed E-state index contributed by atoms with van der Waals surface area (Å²) >= 11 is 0. The van der Waals surface area contributed by atoms with Crippen LogP contribution in [0.5, 0.6) is 0 Å². The molecule has 0 saturated heterocycles. The number of rotatable bonds is 3. The van der Waals surface area contributed by atoms with E-state index in [0.29, 0.717) is 16.0 Å². The minimum atomic E-state index is -4.67. The molecule has 0 bridgehead atoms. The lowest BCUT2D eigenvalue weighted by Crippen LogP contribution is -2.49. The quantitative estimate of drug-likeness (QED) is 0.863. The fraction of sp³-hybridized carbons (Fsp3) is 0.167. The van der Waals surface area contributed by atoms with Crippen LogP contribution in [0, 0.1) is 0 Å². The minimum absolute atomic E-state index is 0.0112. The van der Waals surface area contributed by atoms with Crippen LogP contribution >= 0.6 is 0 Å². The molecule has 0 fully saturated rings. The van der Waals surface area contributed by atoms with Gasteiger partial charge >= 0.3 is 12.3 Å². The molecular weight excluding hydrogens is 363 g/mol. The molecule has 9 heteroatoms. The van der Waals surface area contributed by atoms with E-state index in [-0.39, 0.29) is 11.4 Å². The molecule has 6 nitrogen and oxygen atoms in total. The first kappa shape index (κ1) is 18.4. The fourth-order valence-corrected chi connectivity index (χ4v) is 2.81. The third-order valence-electron chi connectivity index (χ3n) is 3.85. The number of anilines is 1. The maximum atomic E-state index is 13.1. The standard InChI is InChI=1S/C18H14F3N3O3/c19-18(20,21)10-24-13-9-5-4-8-12(13)14(11-6-2-1-3-7-11)22-15(16(24)25)23-17(26)27/h1-9,15,23H,10H2,(H,26,27)/t15-/m0/s1. The van der Waals surface area contributed by atoms with Crippen molar-refractivity contribution in [3.05, 3.63) is 65.7 Å². The van der Waals surface area contributed by atoms with Crippen LogP contribution in [0.2, 0.25) is 0 Å². The van der Waals surface area contributed by atoms with E-state index >= 15 is 0 Å². The van der Waals surface area contributed by atoms with Crippen molar-refractivity contribution in [2.75, 3.05) is 11.4 Å². The Morgan fingerprint density at radius 3 is 2.37 bits per heavy atom. The summed E-state index contributed by atoms with van der Waals surface area (Å²) in [6.45, 7) is -1.56. The van der Waals surface area contributed by atoms with Crippen molar-refractivity contribution in [3.8, 4) is 0 Å². The number of halogens is 3. The summed E-state index contributed by atoms with van der Waals surface area (Å²) in [6, 6.07) is 14.6. The number of carbonyl (C=O) groups is 2. The number of carbonyl (C=O) groups excluding carboxylic acids is 1. The minimum Gasteiger partial charge on any atom is -0.465 e. The molecule has 2 N–H and O–H groups in total. The highest BCUT2D eigenvalue weighted by Gasteiger charge is 2.39. The molecule has 0 spiro atoms. The molecule has 0 aliphatic carbocycles. The van der Waals surface area contributed by atoms with Gasteiger partial charge in [-0.1, -0.05) is 48.5 Å². The number of para-hydroxylation sites is 1. The lowest BCUT2D eigenvalue weighted by molar-refractivity contribution is -0.133. The van der Waals surface area contributed by atoms with Crippen molar-refractivity contribution in [2.45, 2.75) is 12.3 Å². The van der Waals surface area contributed by atoms with E-state index in [1.165, 1.54) is 12.1 Å². The number of nitrogens with zero attached hydrogens (tertiary/aromatic N) is 2. The molecule has 0 radical (unpaired) electrons. The topological polar surface area (TPSA) is 82.0 Å². The number of aliphatic imine (C=N–C) groups is 1. The summed E-state index contributed by atoms with van der Waals surface area (Å²) in [4.78, 5) is 28.4. The molecular formula is C18H14F3N3O3. The van der Waals surface area contributed by atoms with Crippen LogP contribution in [-0.2, 0) is 4.79 Å². The van der Waals surface area contributed by atoms with Gasteiger partial charge in [0.15, 0.2) is 0 Å². The van der Waals surface area contributed by atoms with E-state index in [4.69, 9.17) is 5.11 Å². The molecule has 2 aromatic rings. The van der Waals surface area contributed by atoms with Crippen molar-refractivity contribution in [1.82, 2.24) is 5.32 Å². The lowest BCUT2D eigenvalue weighted by atomic mass is 10.0. The summed E-state index contributed by atoms with van der Waals surface area (Å²) in [5, 5.41) is 10.9. The number of fused-ring (bicyclic) bond motifs is 1. The summed E-state index contributed by atoms with van der Waals surface area (Å²) in [5.41, 5.74) is 1.08. The molecule has 0 saturated carbocycles. The Labute approximate surface area is 151 Å². The Kier molecular flexibility index (Phi) is 4.85. The normalized spacial score (nSPS) is 17.0. The highest BCUT2D eigenvalue weighted by Crippen LogP contribution is 2.30. The third kappa shape index (κ3) is 4.08. The molecule has 2 aromatic carbocycles. The van der Waals surface area contributed by atoms with E-state index in [1.807, 2.05) is 5.32 Å².